The molecule has 4 aliphatic rings. The Morgan fingerprint density at radius 1 is 1.00 bits per heavy atom. The molecule has 4 heterocycles. The van der Waals surface area contributed by atoms with Crippen LogP contribution in [0.4, 0.5) is 10.5 Å². The monoisotopic (exact) mass is 482 g/mol. The molecule has 0 radical (unpaired) electrons. The maximum absolute atomic E-state index is 12.9. The third-order valence-corrected chi connectivity index (χ3v) is 8.20. The fourth-order valence-corrected chi connectivity index (χ4v) is 6.14. The minimum absolute atomic E-state index is 0.127. The van der Waals surface area contributed by atoms with Gasteiger partial charge in [0.25, 0.3) is 5.91 Å². The number of ether oxygens (including phenoxy) is 1. The fourth-order valence-electron chi connectivity index (χ4n) is 6.14. The zero-order chi connectivity index (χ0) is 24.5. The summed E-state index contributed by atoms with van der Waals surface area (Å²) in [5, 5.41) is 2.36. The van der Waals surface area contributed by atoms with Gasteiger partial charge in [-0.1, -0.05) is 0 Å². The summed E-state index contributed by atoms with van der Waals surface area (Å²) in [5.41, 5.74) is 2.75. The van der Waals surface area contributed by atoms with E-state index in [2.05, 4.69) is 16.3 Å². The van der Waals surface area contributed by atoms with Crippen LogP contribution < -0.4 is 10.2 Å². The van der Waals surface area contributed by atoms with Crippen LogP contribution in [0.5, 0.6) is 0 Å². The number of anilines is 1. The third-order valence-electron chi connectivity index (χ3n) is 8.20. The average Bonchev–Trinajstić information content (AvgIpc) is 3.20. The molecule has 9 nitrogen and oxygen atoms in total. The molecule has 1 atom stereocenters. The van der Waals surface area contributed by atoms with Crippen molar-refractivity contribution in [3.63, 3.8) is 0 Å². The van der Waals surface area contributed by atoms with Gasteiger partial charge in [0.05, 0.1) is 7.11 Å². The first-order valence-corrected chi connectivity index (χ1v) is 12.8. The zero-order valence-corrected chi connectivity index (χ0v) is 20.3. The number of piperidine rings is 3. The summed E-state index contributed by atoms with van der Waals surface area (Å²) < 4.78 is 4.84. The molecule has 3 saturated heterocycles. The highest BCUT2D eigenvalue weighted by molar-refractivity contribution is 6.05. The molecule has 0 saturated carbocycles. The van der Waals surface area contributed by atoms with Gasteiger partial charge < -0.3 is 19.4 Å². The Labute approximate surface area is 205 Å². The summed E-state index contributed by atoms with van der Waals surface area (Å²) in [4.78, 5) is 54.2. The lowest BCUT2D eigenvalue weighted by atomic mass is 9.83. The lowest BCUT2D eigenvalue weighted by Gasteiger charge is -2.37. The number of nitrogens with one attached hydrogen (secondary N) is 1. The largest absolute Gasteiger partial charge is 0.453 e. The normalized spacial score (nSPS) is 24.0. The first-order valence-electron chi connectivity index (χ1n) is 12.8. The van der Waals surface area contributed by atoms with E-state index in [1.54, 1.807) is 9.80 Å². The molecule has 3 fully saturated rings. The van der Waals surface area contributed by atoms with Gasteiger partial charge in [-0.25, -0.2) is 4.79 Å². The number of nitrogens with zero attached hydrogens (tertiary/aromatic N) is 3. The first-order chi connectivity index (χ1) is 16.9. The summed E-state index contributed by atoms with van der Waals surface area (Å²) in [6.07, 6.45) is 6.06. The first kappa shape index (κ1) is 23.6. The van der Waals surface area contributed by atoms with Crippen LogP contribution in [-0.4, -0.2) is 72.9 Å². The van der Waals surface area contributed by atoms with Gasteiger partial charge in [0.1, 0.15) is 6.04 Å². The van der Waals surface area contributed by atoms with Gasteiger partial charge in [0.2, 0.25) is 11.8 Å². The van der Waals surface area contributed by atoms with Crippen LogP contribution in [0.15, 0.2) is 18.2 Å². The van der Waals surface area contributed by atoms with E-state index in [4.69, 9.17) is 4.74 Å². The molecular formula is C26H34N4O5. The maximum atomic E-state index is 12.9. The van der Waals surface area contributed by atoms with Gasteiger partial charge in [-0.2, -0.15) is 0 Å². The SMILES string of the molecule is COC(=O)N1CCC(CC2CCN(c3ccc4c(c3)CN(C3CCC(=O)NC3=O)C4=O)CC2)CC1. The zero-order valence-electron chi connectivity index (χ0n) is 20.3. The number of amides is 4. The second kappa shape index (κ2) is 9.87. The number of benzene rings is 1. The molecule has 1 aromatic carbocycles. The fraction of sp³-hybridized carbons (Fsp3) is 0.615. The molecule has 5 rings (SSSR count). The predicted molar refractivity (Wildman–Crippen MR) is 129 cm³/mol. The lowest BCUT2D eigenvalue weighted by Crippen LogP contribution is -2.52. The Kier molecular flexibility index (Phi) is 6.67. The summed E-state index contributed by atoms with van der Waals surface area (Å²) >= 11 is 0. The average molecular weight is 483 g/mol. The van der Waals surface area contributed by atoms with Crippen LogP contribution >= 0.6 is 0 Å². The number of carbonyl (C=O) groups is 4. The van der Waals surface area contributed by atoms with E-state index in [0.29, 0.717) is 30.4 Å². The van der Waals surface area contributed by atoms with Crippen molar-refractivity contribution in [2.45, 2.75) is 57.5 Å². The second-order valence-electron chi connectivity index (χ2n) is 10.3. The van der Waals surface area contributed by atoms with Gasteiger partial charge >= 0.3 is 6.09 Å². The number of likely N-dealkylation sites (tertiary alicyclic amines) is 1. The van der Waals surface area contributed by atoms with E-state index in [1.807, 2.05) is 12.1 Å². The molecular weight excluding hydrogens is 448 g/mol. The molecule has 9 heteroatoms. The Bertz CT molecular complexity index is 1010. The Morgan fingerprint density at radius 3 is 2.34 bits per heavy atom. The second-order valence-corrected chi connectivity index (χ2v) is 10.3. The van der Waals surface area contributed by atoms with E-state index in [0.717, 1.165) is 63.1 Å². The van der Waals surface area contributed by atoms with Crippen molar-refractivity contribution in [2.24, 2.45) is 11.8 Å². The molecule has 0 aliphatic carbocycles. The number of methoxy groups -OCH3 is 1. The number of imide groups is 1. The van der Waals surface area contributed by atoms with Crippen molar-refractivity contribution in [1.82, 2.24) is 15.1 Å². The molecule has 1 N–H and O–H groups in total. The van der Waals surface area contributed by atoms with E-state index >= 15 is 0 Å². The van der Waals surface area contributed by atoms with Gasteiger partial charge in [-0.3, -0.25) is 19.7 Å². The summed E-state index contributed by atoms with van der Waals surface area (Å²) in [6, 6.07) is 5.43. The Balaban J connectivity index is 1.14. The highest BCUT2D eigenvalue weighted by atomic mass is 16.5. The lowest BCUT2D eigenvalue weighted by molar-refractivity contribution is -0.136. The smallest absolute Gasteiger partial charge is 0.409 e. The summed E-state index contributed by atoms with van der Waals surface area (Å²) in [5.74, 6) is 0.614. The van der Waals surface area contributed by atoms with Crippen molar-refractivity contribution in [1.29, 1.82) is 0 Å². The summed E-state index contributed by atoms with van der Waals surface area (Å²) in [7, 11) is 1.44. The van der Waals surface area contributed by atoms with E-state index in [1.165, 1.54) is 13.5 Å². The van der Waals surface area contributed by atoms with Gasteiger partial charge in [-0.15, -0.1) is 0 Å². The molecule has 0 bridgehead atoms. The van der Waals surface area contributed by atoms with Crippen molar-refractivity contribution in [3.8, 4) is 0 Å². The van der Waals surface area contributed by atoms with E-state index in [9.17, 15) is 19.2 Å². The third kappa shape index (κ3) is 4.86. The van der Waals surface area contributed by atoms with Crippen LogP contribution in [0.3, 0.4) is 0 Å². The summed E-state index contributed by atoms with van der Waals surface area (Å²) in [6.45, 7) is 3.99. The van der Waals surface area contributed by atoms with Gasteiger partial charge in [-0.05, 0) is 74.1 Å². The van der Waals surface area contributed by atoms with Gasteiger partial charge in [0.15, 0.2) is 0 Å². The number of fused-ring (bicyclic) bond motifs is 1. The van der Waals surface area contributed by atoms with Crippen LogP contribution in [-0.2, 0) is 20.9 Å². The maximum Gasteiger partial charge on any atom is 0.409 e. The van der Waals surface area contributed by atoms with Crippen LogP contribution in [0.25, 0.3) is 0 Å². The number of carbonyl (C=O) groups excluding carboxylic acids is 4. The van der Waals surface area contributed by atoms with Crippen molar-refractivity contribution in [2.75, 3.05) is 38.2 Å². The highest BCUT2D eigenvalue weighted by Gasteiger charge is 2.39. The Hall–Kier alpha value is -3.10. The number of hydrogen-bond acceptors (Lipinski definition) is 6. The molecule has 4 amide bonds. The van der Waals surface area contributed by atoms with E-state index in [-0.39, 0.29) is 30.2 Å². The molecule has 0 spiro atoms. The van der Waals surface area contributed by atoms with Crippen LogP contribution in [0, 0.1) is 11.8 Å². The van der Waals surface area contributed by atoms with Crippen molar-refractivity contribution >= 4 is 29.5 Å². The van der Waals surface area contributed by atoms with Gasteiger partial charge in [0, 0.05) is 50.4 Å². The van der Waals surface area contributed by atoms with Crippen LogP contribution in [0.1, 0.15) is 60.9 Å². The predicted octanol–water partition coefficient (Wildman–Crippen LogP) is 2.53. The standard InChI is InChI=1S/C26H34N4O5/c1-35-26(34)29-12-8-18(9-13-29)14-17-6-10-28(11-7-17)20-2-3-21-19(15-20)16-30(25(21)33)22-4-5-23(31)27-24(22)32/h2-3,15,17-18,22H,4-14,16H2,1H3,(H,27,31,32). The Morgan fingerprint density at radius 2 is 1.69 bits per heavy atom. The van der Waals surface area contributed by atoms with Crippen molar-refractivity contribution in [3.05, 3.63) is 29.3 Å². The number of hydrogen-bond donors (Lipinski definition) is 1. The minimum atomic E-state index is -0.578. The van der Waals surface area contributed by atoms with Crippen LogP contribution in [0.2, 0.25) is 0 Å². The molecule has 4 aliphatic heterocycles. The molecule has 1 unspecified atom stereocenters. The highest BCUT2D eigenvalue weighted by Crippen LogP contribution is 2.34. The molecule has 188 valence electrons. The number of rotatable bonds is 4. The topological polar surface area (TPSA) is 99.3 Å². The van der Waals surface area contributed by atoms with Crippen molar-refractivity contribution < 1.29 is 23.9 Å². The molecule has 0 aromatic heterocycles. The molecule has 35 heavy (non-hydrogen) atoms. The minimum Gasteiger partial charge on any atom is -0.453 e. The molecule has 1 aromatic rings. The van der Waals surface area contributed by atoms with E-state index < -0.39 is 6.04 Å². The quantitative estimate of drug-likeness (QED) is 0.662.